The van der Waals surface area contributed by atoms with Crippen molar-refractivity contribution in [2.75, 3.05) is 52.4 Å². The maximum absolute atomic E-state index is 12.4. The van der Waals surface area contributed by atoms with Crippen LogP contribution in [-0.4, -0.2) is 84.8 Å². The fourth-order valence-electron chi connectivity index (χ4n) is 3.61. The van der Waals surface area contributed by atoms with Crippen LogP contribution in [-0.2, 0) is 0 Å². The summed E-state index contributed by atoms with van der Waals surface area (Å²) in [7, 11) is 0. The standard InChI is InChI=1S/C17H31F3N4O/c1-16(2,3)24-7-4-6-23(9-10-24)15(25)21-11-14-5-8-22(12-14)13-17(18,19)20/h14H,4-13H2,1-3H3,(H,21,25). The van der Waals surface area contributed by atoms with Gasteiger partial charge in [-0.15, -0.1) is 0 Å². The van der Waals surface area contributed by atoms with E-state index in [1.807, 2.05) is 4.90 Å². The number of carbonyl (C=O) groups is 1. The first-order chi connectivity index (χ1) is 11.5. The third-order valence-corrected chi connectivity index (χ3v) is 5.05. The summed E-state index contributed by atoms with van der Waals surface area (Å²) in [6.07, 6.45) is -2.51. The molecule has 0 spiro atoms. The third kappa shape index (κ3) is 6.66. The monoisotopic (exact) mass is 364 g/mol. The van der Waals surface area contributed by atoms with Crippen molar-refractivity contribution in [1.82, 2.24) is 20.0 Å². The van der Waals surface area contributed by atoms with Crippen molar-refractivity contribution < 1.29 is 18.0 Å². The van der Waals surface area contributed by atoms with Crippen LogP contribution in [0.3, 0.4) is 0 Å². The molecule has 2 saturated heterocycles. The SMILES string of the molecule is CC(C)(C)N1CCCN(C(=O)NCC2CCN(CC(F)(F)F)C2)CC1. The minimum atomic E-state index is -4.15. The van der Waals surface area contributed by atoms with Crippen molar-refractivity contribution >= 4 is 6.03 Å². The minimum absolute atomic E-state index is 0.0926. The molecule has 146 valence electrons. The molecule has 2 rings (SSSR count). The third-order valence-electron chi connectivity index (χ3n) is 5.05. The van der Waals surface area contributed by atoms with E-state index in [-0.39, 0.29) is 17.5 Å². The largest absolute Gasteiger partial charge is 0.401 e. The van der Waals surface area contributed by atoms with Crippen LogP contribution in [0, 0.1) is 5.92 Å². The van der Waals surface area contributed by atoms with Gasteiger partial charge in [0.25, 0.3) is 0 Å². The molecule has 2 amide bonds. The number of rotatable bonds is 3. The Kier molecular flexibility index (Phi) is 6.59. The van der Waals surface area contributed by atoms with Crippen molar-refractivity contribution in [2.45, 2.75) is 45.3 Å². The fraction of sp³-hybridized carbons (Fsp3) is 0.941. The van der Waals surface area contributed by atoms with E-state index in [4.69, 9.17) is 0 Å². The van der Waals surface area contributed by atoms with E-state index >= 15 is 0 Å². The molecule has 8 heteroatoms. The second-order valence-corrected chi connectivity index (χ2v) is 8.19. The highest BCUT2D eigenvalue weighted by atomic mass is 19.4. The lowest BCUT2D eigenvalue weighted by Crippen LogP contribution is -2.46. The summed E-state index contributed by atoms with van der Waals surface area (Å²) in [5.74, 6) is 0.101. The van der Waals surface area contributed by atoms with Gasteiger partial charge < -0.3 is 10.2 Å². The normalized spacial score (nSPS) is 24.4. The molecular weight excluding hydrogens is 333 g/mol. The average molecular weight is 364 g/mol. The van der Waals surface area contributed by atoms with Gasteiger partial charge in [0, 0.05) is 44.8 Å². The van der Waals surface area contributed by atoms with Crippen LogP contribution < -0.4 is 5.32 Å². The molecule has 0 saturated carbocycles. The number of nitrogens with zero attached hydrogens (tertiary/aromatic N) is 3. The van der Waals surface area contributed by atoms with Crippen molar-refractivity contribution in [3.63, 3.8) is 0 Å². The Balaban J connectivity index is 1.72. The van der Waals surface area contributed by atoms with Crippen LogP contribution in [0.25, 0.3) is 0 Å². The maximum atomic E-state index is 12.4. The van der Waals surface area contributed by atoms with E-state index in [0.717, 1.165) is 26.1 Å². The number of likely N-dealkylation sites (tertiary alicyclic amines) is 1. The molecule has 2 fully saturated rings. The Morgan fingerprint density at radius 2 is 1.80 bits per heavy atom. The molecular formula is C17H31F3N4O. The zero-order chi connectivity index (χ0) is 18.7. The molecule has 0 radical (unpaired) electrons. The summed E-state index contributed by atoms with van der Waals surface area (Å²) in [4.78, 5) is 18.0. The molecule has 5 nitrogen and oxygen atoms in total. The lowest BCUT2D eigenvalue weighted by atomic mass is 10.1. The molecule has 0 aromatic rings. The zero-order valence-corrected chi connectivity index (χ0v) is 15.5. The molecule has 0 bridgehead atoms. The Morgan fingerprint density at radius 1 is 1.08 bits per heavy atom. The van der Waals surface area contributed by atoms with Crippen LogP contribution in [0.2, 0.25) is 0 Å². The highest BCUT2D eigenvalue weighted by Crippen LogP contribution is 2.22. The number of nitrogens with one attached hydrogen (secondary N) is 1. The van der Waals surface area contributed by atoms with E-state index in [2.05, 4.69) is 31.0 Å². The maximum Gasteiger partial charge on any atom is 0.401 e. The number of halogens is 3. The first kappa shape index (κ1) is 20.3. The molecule has 2 aliphatic rings. The summed E-state index contributed by atoms with van der Waals surface area (Å²) in [6, 6.07) is -0.0926. The van der Waals surface area contributed by atoms with Crippen molar-refractivity contribution in [1.29, 1.82) is 0 Å². The molecule has 0 aromatic heterocycles. The van der Waals surface area contributed by atoms with Gasteiger partial charge in [0.15, 0.2) is 0 Å². The predicted octanol–water partition coefficient (Wildman–Crippen LogP) is 2.39. The lowest BCUT2D eigenvalue weighted by Gasteiger charge is -2.34. The first-order valence-electron chi connectivity index (χ1n) is 9.11. The zero-order valence-electron chi connectivity index (χ0n) is 15.5. The lowest BCUT2D eigenvalue weighted by molar-refractivity contribution is -0.143. The van der Waals surface area contributed by atoms with Gasteiger partial charge >= 0.3 is 12.2 Å². The summed E-state index contributed by atoms with van der Waals surface area (Å²) in [6.45, 7) is 10.2. The highest BCUT2D eigenvalue weighted by Gasteiger charge is 2.34. The second-order valence-electron chi connectivity index (χ2n) is 8.19. The van der Waals surface area contributed by atoms with Gasteiger partial charge in [-0.05, 0) is 46.1 Å². The number of amides is 2. The molecule has 1 unspecified atom stereocenters. The number of hydrogen-bond acceptors (Lipinski definition) is 3. The summed E-state index contributed by atoms with van der Waals surface area (Å²) in [5.41, 5.74) is 0.0955. The number of carbonyl (C=O) groups excluding carboxylic acids is 1. The van der Waals surface area contributed by atoms with Gasteiger partial charge in [0.05, 0.1) is 6.54 Å². The molecule has 0 aromatic carbocycles. The number of urea groups is 1. The van der Waals surface area contributed by atoms with E-state index in [0.29, 0.717) is 32.6 Å². The van der Waals surface area contributed by atoms with Gasteiger partial charge in [0.2, 0.25) is 0 Å². The van der Waals surface area contributed by atoms with Gasteiger partial charge in [0.1, 0.15) is 0 Å². The second kappa shape index (κ2) is 8.12. The molecule has 2 aliphatic heterocycles. The average Bonchev–Trinajstić information content (AvgIpc) is 2.75. The molecule has 25 heavy (non-hydrogen) atoms. The number of hydrogen-bond donors (Lipinski definition) is 1. The van der Waals surface area contributed by atoms with E-state index in [9.17, 15) is 18.0 Å². The molecule has 1 atom stereocenters. The Labute approximate surface area is 148 Å². The van der Waals surface area contributed by atoms with Crippen molar-refractivity contribution in [3.8, 4) is 0 Å². The van der Waals surface area contributed by atoms with Crippen molar-refractivity contribution in [3.05, 3.63) is 0 Å². The van der Waals surface area contributed by atoms with Gasteiger partial charge in [-0.2, -0.15) is 13.2 Å². The smallest absolute Gasteiger partial charge is 0.338 e. The fourth-order valence-corrected chi connectivity index (χ4v) is 3.61. The van der Waals surface area contributed by atoms with E-state index in [1.165, 1.54) is 4.90 Å². The Bertz CT molecular complexity index is 450. The van der Waals surface area contributed by atoms with Crippen LogP contribution >= 0.6 is 0 Å². The van der Waals surface area contributed by atoms with Crippen LogP contribution in [0.5, 0.6) is 0 Å². The minimum Gasteiger partial charge on any atom is -0.338 e. The topological polar surface area (TPSA) is 38.8 Å². The first-order valence-corrected chi connectivity index (χ1v) is 9.11. The van der Waals surface area contributed by atoms with Gasteiger partial charge in [-0.1, -0.05) is 0 Å². The van der Waals surface area contributed by atoms with Gasteiger partial charge in [-0.3, -0.25) is 9.80 Å². The summed E-state index contributed by atoms with van der Waals surface area (Å²) in [5, 5.41) is 2.92. The Hall–Kier alpha value is -1.02. The summed E-state index contributed by atoms with van der Waals surface area (Å²) >= 11 is 0. The quantitative estimate of drug-likeness (QED) is 0.836. The van der Waals surface area contributed by atoms with Crippen LogP contribution in [0.15, 0.2) is 0 Å². The predicted molar refractivity (Wildman–Crippen MR) is 91.5 cm³/mol. The van der Waals surface area contributed by atoms with Crippen LogP contribution in [0.4, 0.5) is 18.0 Å². The Morgan fingerprint density at radius 3 is 2.44 bits per heavy atom. The molecule has 2 heterocycles. The highest BCUT2D eigenvalue weighted by molar-refractivity contribution is 5.74. The van der Waals surface area contributed by atoms with Crippen LogP contribution in [0.1, 0.15) is 33.6 Å². The van der Waals surface area contributed by atoms with E-state index in [1.54, 1.807) is 0 Å². The molecule has 1 N–H and O–H groups in total. The number of alkyl halides is 3. The van der Waals surface area contributed by atoms with Crippen molar-refractivity contribution in [2.24, 2.45) is 5.92 Å². The van der Waals surface area contributed by atoms with Gasteiger partial charge in [-0.25, -0.2) is 4.79 Å². The molecule has 0 aliphatic carbocycles. The summed E-state index contributed by atoms with van der Waals surface area (Å²) < 4.78 is 37.3. The van der Waals surface area contributed by atoms with E-state index < -0.39 is 12.7 Å².